The lowest BCUT2D eigenvalue weighted by molar-refractivity contribution is -0.154. The average Bonchev–Trinajstić information content (AvgIpc) is 3.43. The van der Waals surface area contributed by atoms with E-state index in [0.29, 0.717) is 0 Å². The van der Waals surface area contributed by atoms with Crippen LogP contribution in [0.25, 0.3) is 0 Å². The molecule has 4 rings (SSSR count). The molecule has 3 aliphatic rings. The van der Waals surface area contributed by atoms with Gasteiger partial charge in [0.1, 0.15) is 6.04 Å². The first-order valence-corrected chi connectivity index (χ1v) is 14.2. The molecule has 1 spiro atoms. The molecular formula is C29H40N2O5S. The Morgan fingerprint density at radius 2 is 2.05 bits per heavy atom. The fourth-order valence-corrected chi connectivity index (χ4v) is 9.21. The van der Waals surface area contributed by atoms with Gasteiger partial charge in [-0.25, -0.2) is 0 Å². The molecule has 3 unspecified atom stereocenters. The highest BCUT2D eigenvalue weighted by molar-refractivity contribution is 8.02. The van der Waals surface area contributed by atoms with E-state index in [0.717, 1.165) is 23.2 Å². The van der Waals surface area contributed by atoms with Crippen molar-refractivity contribution in [1.29, 1.82) is 0 Å². The van der Waals surface area contributed by atoms with Gasteiger partial charge in [0.15, 0.2) is 0 Å². The summed E-state index contributed by atoms with van der Waals surface area (Å²) in [5.74, 6) is -2.05. The predicted octanol–water partition coefficient (Wildman–Crippen LogP) is 3.74. The molecule has 1 N–H and O–H groups in total. The summed E-state index contributed by atoms with van der Waals surface area (Å²) in [4.78, 5) is 45.6. The van der Waals surface area contributed by atoms with Crippen molar-refractivity contribution in [2.24, 2.45) is 23.7 Å². The number of nitrogens with zero attached hydrogens (tertiary/aromatic N) is 2. The van der Waals surface area contributed by atoms with Crippen molar-refractivity contribution >= 4 is 35.2 Å². The number of hydrogen-bond acceptors (Lipinski definition) is 6. The standard InChI is InChI=1S/C29H40N2O5S/c1-8-12-30(20-13-17(5)10-11-18(20)6)27(34)25-29-19(7)14-22(37-29)23(28(35)36-9-2)24(29)26(33)31(25)21(15-32)16(3)4/h8,10-11,13,16,19,21-25,32H,1,9,12,14-15H2,2-7H3/t19?,21-,22+,23-,24-,25?,29?/m0/s1. The molecule has 3 saturated heterocycles. The number of carbonyl (C=O) groups is 3. The highest BCUT2D eigenvalue weighted by Gasteiger charge is 2.77. The second-order valence-electron chi connectivity index (χ2n) is 11.1. The number of benzene rings is 1. The molecule has 3 aliphatic heterocycles. The lowest BCUT2D eigenvalue weighted by Gasteiger charge is -2.43. The van der Waals surface area contributed by atoms with Crippen LogP contribution in [-0.2, 0) is 19.1 Å². The molecule has 2 amide bonds. The molecule has 37 heavy (non-hydrogen) atoms. The van der Waals surface area contributed by atoms with Crippen LogP contribution in [0.15, 0.2) is 30.9 Å². The van der Waals surface area contributed by atoms with Gasteiger partial charge in [0.2, 0.25) is 5.91 Å². The summed E-state index contributed by atoms with van der Waals surface area (Å²) in [5, 5.41) is 10.4. The van der Waals surface area contributed by atoms with Crippen molar-refractivity contribution in [3.63, 3.8) is 0 Å². The van der Waals surface area contributed by atoms with E-state index in [2.05, 4.69) is 13.5 Å². The quantitative estimate of drug-likeness (QED) is 0.388. The highest BCUT2D eigenvalue weighted by Crippen LogP contribution is 2.69. The second kappa shape index (κ2) is 10.4. The summed E-state index contributed by atoms with van der Waals surface area (Å²) in [6.07, 6.45) is 2.44. The summed E-state index contributed by atoms with van der Waals surface area (Å²) in [5.41, 5.74) is 2.77. The Bertz CT molecular complexity index is 1090. The minimum Gasteiger partial charge on any atom is -0.466 e. The van der Waals surface area contributed by atoms with Crippen LogP contribution >= 0.6 is 11.8 Å². The summed E-state index contributed by atoms with van der Waals surface area (Å²) in [7, 11) is 0. The van der Waals surface area contributed by atoms with Gasteiger partial charge in [-0.05, 0) is 56.2 Å². The van der Waals surface area contributed by atoms with Crippen molar-refractivity contribution in [2.45, 2.75) is 70.0 Å². The number of amides is 2. The molecule has 2 bridgehead atoms. The number of fused-ring (bicyclic) bond motifs is 1. The maximum atomic E-state index is 14.7. The predicted molar refractivity (Wildman–Crippen MR) is 146 cm³/mol. The summed E-state index contributed by atoms with van der Waals surface area (Å²) < 4.78 is 4.67. The molecule has 8 heteroatoms. The Hall–Kier alpha value is -2.32. The van der Waals surface area contributed by atoms with E-state index < -0.39 is 28.7 Å². The third kappa shape index (κ3) is 4.20. The smallest absolute Gasteiger partial charge is 0.310 e. The van der Waals surface area contributed by atoms with Gasteiger partial charge in [-0.15, -0.1) is 18.3 Å². The van der Waals surface area contributed by atoms with Gasteiger partial charge in [-0.2, -0.15) is 0 Å². The van der Waals surface area contributed by atoms with Crippen molar-refractivity contribution in [1.82, 2.24) is 4.90 Å². The van der Waals surface area contributed by atoms with E-state index >= 15 is 0 Å². The van der Waals surface area contributed by atoms with Crippen molar-refractivity contribution in [3.05, 3.63) is 42.0 Å². The first-order chi connectivity index (χ1) is 17.5. The number of rotatable bonds is 9. The van der Waals surface area contributed by atoms with Crippen molar-refractivity contribution < 1.29 is 24.2 Å². The van der Waals surface area contributed by atoms with Gasteiger partial charge in [-0.3, -0.25) is 14.4 Å². The van der Waals surface area contributed by atoms with Gasteiger partial charge >= 0.3 is 5.97 Å². The number of aryl methyl sites for hydroxylation is 2. The largest absolute Gasteiger partial charge is 0.466 e. The molecule has 3 fully saturated rings. The Morgan fingerprint density at radius 3 is 2.65 bits per heavy atom. The van der Waals surface area contributed by atoms with Crippen LogP contribution in [0.5, 0.6) is 0 Å². The zero-order valence-electron chi connectivity index (χ0n) is 22.8. The minimum absolute atomic E-state index is 0.0387. The number of aliphatic hydroxyl groups is 1. The molecule has 0 saturated carbocycles. The maximum absolute atomic E-state index is 14.7. The van der Waals surface area contributed by atoms with Gasteiger partial charge in [0.25, 0.3) is 5.91 Å². The second-order valence-corrected chi connectivity index (χ2v) is 12.6. The Morgan fingerprint density at radius 1 is 1.35 bits per heavy atom. The maximum Gasteiger partial charge on any atom is 0.310 e. The Labute approximate surface area is 224 Å². The monoisotopic (exact) mass is 528 g/mol. The molecule has 0 radical (unpaired) electrons. The molecule has 1 aromatic rings. The van der Waals surface area contributed by atoms with Crippen LogP contribution in [-0.4, -0.2) is 69.6 Å². The third-order valence-corrected chi connectivity index (χ3v) is 10.6. The van der Waals surface area contributed by atoms with E-state index in [1.165, 1.54) is 0 Å². The molecule has 0 aliphatic carbocycles. The van der Waals surface area contributed by atoms with Crippen molar-refractivity contribution in [3.8, 4) is 0 Å². The average molecular weight is 529 g/mol. The highest BCUT2D eigenvalue weighted by atomic mass is 32.2. The van der Waals surface area contributed by atoms with Crippen LogP contribution in [0.4, 0.5) is 5.69 Å². The summed E-state index contributed by atoms with van der Waals surface area (Å²) >= 11 is 1.62. The zero-order valence-corrected chi connectivity index (χ0v) is 23.6. The normalized spacial score (nSPS) is 31.0. The van der Waals surface area contributed by atoms with E-state index in [1.807, 2.05) is 45.9 Å². The van der Waals surface area contributed by atoms with Crippen LogP contribution in [0, 0.1) is 37.5 Å². The topological polar surface area (TPSA) is 87.2 Å². The number of esters is 1. The van der Waals surface area contributed by atoms with E-state index in [4.69, 9.17) is 4.74 Å². The summed E-state index contributed by atoms with van der Waals surface area (Å²) in [6, 6.07) is 4.64. The third-order valence-electron chi connectivity index (χ3n) is 8.52. The van der Waals surface area contributed by atoms with Crippen LogP contribution in [0.3, 0.4) is 0 Å². The van der Waals surface area contributed by atoms with Gasteiger partial charge in [0.05, 0.1) is 35.8 Å². The molecule has 3 heterocycles. The number of aliphatic hydroxyl groups excluding tert-OH is 1. The number of hydrogen-bond donors (Lipinski definition) is 1. The van der Waals surface area contributed by atoms with E-state index in [-0.39, 0.29) is 54.6 Å². The van der Waals surface area contributed by atoms with Crippen LogP contribution in [0.1, 0.15) is 45.2 Å². The van der Waals surface area contributed by atoms with E-state index in [1.54, 1.807) is 34.6 Å². The lowest BCUT2D eigenvalue weighted by atomic mass is 9.66. The molecule has 0 aromatic heterocycles. The van der Waals surface area contributed by atoms with Crippen LogP contribution in [0.2, 0.25) is 0 Å². The fraction of sp³-hybridized carbons (Fsp3) is 0.621. The molecule has 202 valence electrons. The van der Waals surface area contributed by atoms with Gasteiger partial charge in [-0.1, -0.05) is 39.0 Å². The van der Waals surface area contributed by atoms with Crippen LogP contribution < -0.4 is 4.90 Å². The number of carbonyl (C=O) groups excluding carboxylic acids is 3. The molecule has 1 aromatic carbocycles. The van der Waals surface area contributed by atoms with Gasteiger partial charge < -0.3 is 19.6 Å². The number of likely N-dealkylation sites (tertiary alicyclic amines) is 1. The first kappa shape index (κ1) is 27.7. The van der Waals surface area contributed by atoms with Gasteiger partial charge in [0, 0.05) is 17.5 Å². The first-order valence-electron chi connectivity index (χ1n) is 13.3. The zero-order chi connectivity index (χ0) is 27.2. The van der Waals surface area contributed by atoms with Crippen molar-refractivity contribution in [2.75, 3.05) is 24.7 Å². The lowest BCUT2D eigenvalue weighted by Crippen LogP contribution is -2.60. The number of anilines is 1. The SMILES string of the molecule is C=CCN(C(=O)C1N([C@@H](CO)C(C)C)C(=O)[C@@H]2[C@@H](C(=O)OCC)[C@H]3CC(C)C12S3)c1cc(C)ccc1C. The molecule has 7 atom stereocenters. The Balaban J connectivity index is 1.89. The fourth-order valence-electron chi connectivity index (χ4n) is 6.82. The molecule has 7 nitrogen and oxygen atoms in total. The molecular weight excluding hydrogens is 488 g/mol. The van der Waals surface area contributed by atoms with E-state index in [9.17, 15) is 19.5 Å². The minimum atomic E-state index is -0.811. The number of ether oxygens (including phenoxy) is 1. The Kier molecular flexibility index (Phi) is 7.82. The number of thioether (sulfide) groups is 1. The summed E-state index contributed by atoms with van der Waals surface area (Å²) in [6.45, 7) is 15.9.